The number of quaternary nitrogens is 1. The molecule has 3 rings (SSSR count). The largest absolute Gasteiger partial charge is 0.338 e. The molecule has 0 bridgehead atoms. The first-order chi connectivity index (χ1) is 12.3. The minimum Gasteiger partial charge on any atom is -0.338 e. The van der Waals surface area contributed by atoms with E-state index in [1.165, 1.54) is 29.2 Å². The second kappa shape index (κ2) is 7.43. The number of amides is 1. The third-order valence-corrected chi connectivity index (χ3v) is 4.81. The maximum absolute atomic E-state index is 14.0. The Morgan fingerprint density at radius 3 is 2.62 bits per heavy atom. The lowest BCUT2D eigenvalue weighted by atomic mass is 10.2. The van der Waals surface area contributed by atoms with E-state index < -0.39 is 23.4 Å². The van der Waals surface area contributed by atoms with Gasteiger partial charge in [-0.05, 0) is 24.3 Å². The fourth-order valence-electron chi connectivity index (χ4n) is 2.46. The SMILES string of the molecule is C[NH+](C)CCN(C(=O)c1cccc(F)c1)c1nc2c(F)cc(F)cc2s1. The molecule has 0 spiro atoms. The molecule has 0 aliphatic heterocycles. The van der Waals surface area contributed by atoms with E-state index in [1.807, 2.05) is 14.1 Å². The van der Waals surface area contributed by atoms with Crippen LogP contribution in [0.2, 0.25) is 0 Å². The van der Waals surface area contributed by atoms with Crippen LogP contribution in [0.15, 0.2) is 36.4 Å². The van der Waals surface area contributed by atoms with E-state index in [4.69, 9.17) is 0 Å². The molecule has 26 heavy (non-hydrogen) atoms. The summed E-state index contributed by atoms with van der Waals surface area (Å²) in [5.41, 5.74) is 0.185. The normalized spacial score (nSPS) is 11.3. The third kappa shape index (κ3) is 3.86. The first-order valence-corrected chi connectivity index (χ1v) is 8.79. The predicted molar refractivity (Wildman–Crippen MR) is 95.3 cm³/mol. The summed E-state index contributed by atoms with van der Waals surface area (Å²) in [6.07, 6.45) is 0. The molecule has 0 aliphatic rings. The monoisotopic (exact) mass is 380 g/mol. The van der Waals surface area contributed by atoms with Crippen molar-refractivity contribution in [3.63, 3.8) is 0 Å². The Morgan fingerprint density at radius 2 is 1.92 bits per heavy atom. The molecular weight excluding hydrogens is 363 g/mol. The quantitative estimate of drug-likeness (QED) is 0.739. The zero-order chi connectivity index (χ0) is 18.8. The number of carbonyl (C=O) groups excluding carboxylic acids is 1. The van der Waals surface area contributed by atoms with Crippen LogP contribution in [0.4, 0.5) is 18.3 Å². The summed E-state index contributed by atoms with van der Waals surface area (Å²) >= 11 is 1.02. The second-order valence-electron chi connectivity index (χ2n) is 6.16. The van der Waals surface area contributed by atoms with Gasteiger partial charge in [0.1, 0.15) is 17.2 Å². The van der Waals surface area contributed by atoms with Crippen molar-refractivity contribution >= 4 is 32.6 Å². The number of benzene rings is 2. The maximum Gasteiger partial charge on any atom is 0.260 e. The van der Waals surface area contributed by atoms with Crippen molar-refractivity contribution in [3.05, 3.63) is 59.4 Å². The summed E-state index contributed by atoms with van der Waals surface area (Å²) in [6, 6.07) is 7.29. The van der Waals surface area contributed by atoms with Crippen molar-refractivity contribution in [2.24, 2.45) is 0 Å². The highest BCUT2D eigenvalue weighted by molar-refractivity contribution is 7.22. The predicted octanol–water partition coefficient (Wildman–Crippen LogP) is 2.50. The highest BCUT2D eigenvalue weighted by Gasteiger charge is 2.23. The maximum atomic E-state index is 14.0. The lowest BCUT2D eigenvalue weighted by Gasteiger charge is -2.20. The molecule has 0 fully saturated rings. The summed E-state index contributed by atoms with van der Waals surface area (Å²) in [7, 11) is 3.86. The van der Waals surface area contributed by atoms with E-state index in [0.29, 0.717) is 17.8 Å². The molecule has 0 saturated heterocycles. The Labute approximate surface area is 152 Å². The average molecular weight is 380 g/mol. The minimum atomic E-state index is -0.779. The van der Waals surface area contributed by atoms with Gasteiger partial charge in [0.15, 0.2) is 10.9 Å². The zero-order valence-corrected chi connectivity index (χ0v) is 15.0. The fraction of sp³-hybridized carbons (Fsp3) is 0.222. The standard InChI is InChI=1S/C18H16F3N3OS/c1-23(2)6-7-24(17(25)11-4-3-5-12(19)8-11)18-22-16-14(21)9-13(20)10-15(16)26-18/h3-5,8-10H,6-7H2,1-2H3/p+1. The van der Waals surface area contributed by atoms with Gasteiger partial charge in [0, 0.05) is 11.6 Å². The Kier molecular flexibility index (Phi) is 5.24. The van der Waals surface area contributed by atoms with Gasteiger partial charge in [0.05, 0.1) is 31.9 Å². The molecule has 0 unspecified atom stereocenters. The number of aromatic nitrogens is 1. The van der Waals surface area contributed by atoms with E-state index in [1.54, 1.807) is 0 Å². The van der Waals surface area contributed by atoms with Gasteiger partial charge in [-0.2, -0.15) is 0 Å². The molecule has 1 N–H and O–H groups in total. The van der Waals surface area contributed by atoms with Crippen LogP contribution in [0.1, 0.15) is 10.4 Å². The number of nitrogens with zero attached hydrogens (tertiary/aromatic N) is 2. The van der Waals surface area contributed by atoms with Crippen LogP contribution in [-0.2, 0) is 0 Å². The van der Waals surface area contributed by atoms with Gasteiger partial charge >= 0.3 is 0 Å². The number of hydrogen-bond acceptors (Lipinski definition) is 3. The molecule has 136 valence electrons. The van der Waals surface area contributed by atoms with Gasteiger partial charge in [-0.1, -0.05) is 17.4 Å². The number of likely N-dealkylation sites (N-methyl/N-ethyl adjacent to an activating group) is 1. The lowest BCUT2D eigenvalue weighted by Crippen LogP contribution is -3.06. The minimum absolute atomic E-state index is 0.0145. The van der Waals surface area contributed by atoms with E-state index in [0.717, 1.165) is 28.4 Å². The number of thiazole rings is 1. The van der Waals surface area contributed by atoms with Gasteiger partial charge in [0.2, 0.25) is 0 Å². The first kappa shape index (κ1) is 18.3. The van der Waals surface area contributed by atoms with Crippen molar-refractivity contribution < 1.29 is 22.9 Å². The molecule has 1 aromatic heterocycles. The molecule has 0 aliphatic carbocycles. The van der Waals surface area contributed by atoms with Crippen molar-refractivity contribution in [2.45, 2.75) is 0 Å². The molecule has 1 heterocycles. The van der Waals surface area contributed by atoms with Crippen LogP contribution < -0.4 is 9.80 Å². The molecule has 8 heteroatoms. The van der Waals surface area contributed by atoms with Crippen molar-refractivity contribution in [1.29, 1.82) is 0 Å². The molecular formula is C18H17F3N3OS+. The van der Waals surface area contributed by atoms with Crippen LogP contribution in [-0.4, -0.2) is 38.1 Å². The van der Waals surface area contributed by atoms with Gasteiger partial charge < -0.3 is 4.90 Å². The van der Waals surface area contributed by atoms with Crippen LogP contribution in [0, 0.1) is 17.5 Å². The number of carbonyl (C=O) groups is 1. The van der Waals surface area contributed by atoms with Crippen LogP contribution in [0.3, 0.4) is 0 Å². The van der Waals surface area contributed by atoms with Gasteiger partial charge in [0.25, 0.3) is 5.91 Å². The number of anilines is 1. The molecule has 4 nitrogen and oxygen atoms in total. The molecule has 0 saturated carbocycles. The van der Waals surface area contributed by atoms with Gasteiger partial charge in [-0.15, -0.1) is 0 Å². The van der Waals surface area contributed by atoms with Crippen molar-refractivity contribution in [2.75, 3.05) is 32.1 Å². The Balaban J connectivity index is 2.03. The summed E-state index contributed by atoms with van der Waals surface area (Å²) in [5.74, 6) is -2.44. The van der Waals surface area contributed by atoms with Crippen LogP contribution in [0.5, 0.6) is 0 Å². The smallest absolute Gasteiger partial charge is 0.260 e. The third-order valence-electron chi connectivity index (χ3n) is 3.78. The fourth-order valence-corrected chi connectivity index (χ4v) is 3.49. The molecule has 2 aromatic carbocycles. The van der Waals surface area contributed by atoms with E-state index in [-0.39, 0.29) is 16.2 Å². The highest BCUT2D eigenvalue weighted by atomic mass is 32.1. The molecule has 0 atom stereocenters. The second-order valence-corrected chi connectivity index (χ2v) is 7.16. The van der Waals surface area contributed by atoms with E-state index in [2.05, 4.69) is 4.98 Å². The summed E-state index contributed by atoms with van der Waals surface area (Å²) in [4.78, 5) is 19.5. The zero-order valence-electron chi connectivity index (χ0n) is 14.2. The number of hydrogen-bond donors (Lipinski definition) is 1. The van der Waals surface area contributed by atoms with Gasteiger partial charge in [-0.25, -0.2) is 18.2 Å². The number of fused-ring (bicyclic) bond motifs is 1. The first-order valence-electron chi connectivity index (χ1n) is 7.97. The van der Waals surface area contributed by atoms with Crippen LogP contribution in [0.25, 0.3) is 10.2 Å². The summed E-state index contributed by atoms with van der Waals surface area (Å²) < 4.78 is 41.2. The Bertz CT molecular complexity index is 958. The number of rotatable bonds is 5. The van der Waals surface area contributed by atoms with E-state index in [9.17, 15) is 18.0 Å². The van der Waals surface area contributed by atoms with Crippen molar-refractivity contribution in [3.8, 4) is 0 Å². The van der Waals surface area contributed by atoms with Gasteiger partial charge in [-0.3, -0.25) is 9.69 Å². The molecule has 0 radical (unpaired) electrons. The van der Waals surface area contributed by atoms with Crippen LogP contribution >= 0.6 is 11.3 Å². The number of halogens is 3. The van der Waals surface area contributed by atoms with Crippen molar-refractivity contribution in [1.82, 2.24) is 4.98 Å². The summed E-state index contributed by atoms with van der Waals surface area (Å²) in [6.45, 7) is 0.912. The molecule has 3 aromatic rings. The Morgan fingerprint density at radius 1 is 1.15 bits per heavy atom. The Hall–Kier alpha value is -2.45. The molecule has 1 amide bonds. The number of nitrogens with one attached hydrogen (secondary N) is 1. The average Bonchev–Trinajstić information content (AvgIpc) is 2.98. The topological polar surface area (TPSA) is 37.6 Å². The lowest BCUT2D eigenvalue weighted by molar-refractivity contribution is -0.856. The summed E-state index contributed by atoms with van der Waals surface area (Å²) in [5, 5.41) is 0.250. The van der Waals surface area contributed by atoms with E-state index >= 15 is 0 Å². The highest BCUT2D eigenvalue weighted by Crippen LogP contribution is 2.31.